The van der Waals surface area contributed by atoms with Crippen LogP contribution in [-0.4, -0.2) is 30.2 Å². The largest absolute Gasteiger partial charge is 0.476 e. The molecule has 3 aromatic heterocycles. The van der Waals surface area contributed by atoms with Crippen molar-refractivity contribution in [3.63, 3.8) is 0 Å². The number of aromatic carboxylic acids is 1. The summed E-state index contributed by atoms with van der Waals surface area (Å²) < 4.78 is 3.75. The van der Waals surface area contributed by atoms with Crippen LogP contribution in [0, 0.1) is 0 Å². The Bertz CT molecular complexity index is 714. The Balaban J connectivity index is 2.31. The number of halogens is 1. The van der Waals surface area contributed by atoms with Gasteiger partial charge in [-0.2, -0.15) is 10.1 Å². The van der Waals surface area contributed by atoms with E-state index in [0.717, 1.165) is 4.47 Å². The first-order chi connectivity index (χ1) is 8.16. The highest BCUT2D eigenvalue weighted by Gasteiger charge is 2.21. The van der Waals surface area contributed by atoms with Crippen LogP contribution in [0.2, 0.25) is 0 Å². The molecule has 3 rings (SSSR count). The molecule has 6 nitrogen and oxygen atoms in total. The zero-order valence-corrected chi connectivity index (χ0v) is 10.6. The van der Waals surface area contributed by atoms with E-state index in [-0.39, 0.29) is 5.69 Å². The Morgan fingerprint density at radius 2 is 2.35 bits per heavy atom. The van der Waals surface area contributed by atoms with Crippen LogP contribution >= 0.6 is 27.3 Å². The molecule has 17 heavy (non-hydrogen) atoms. The van der Waals surface area contributed by atoms with Crippen LogP contribution in [0.5, 0.6) is 0 Å². The lowest BCUT2D eigenvalue weighted by atomic mass is 10.4. The van der Waals surface area contributed by atoms with E-state index in [2.05, 4.69) is 26.0 Å². The average molecular weight is 313 g/mol. The fourth-order valence-electron chi connectivity index (χ4n) is 1.55. The zero-order chi connectivity index (χ0) is 12.0. The van der Waals surface area contributed by atoms with Gasteiger partial charge in [0, 0.05) is 17.8 Å². The van der Waals surface area contributed by atoms with Crippen molar-refractivity contribution in [2.45, 2.75) is 0 Å². The van der Waals surface area contributed by atoms with Gasteiger partial charge in [0.25, 0.3) is 0 Å². The molecule has 0 saturated carbocycles. The van der Waals surface area contributed by atoms with Gasteiger partial charge >= 0.3 is 5.97 Å². The Kier molecular flexibility index (Phi) is 2.26. The van der Waals surface area contributed by atoms with E-state index in [4.69, 9.17) is 0 Å². The monoisotopic (exact) mass is 312 g/mol. The van der Waals surface area contributed by atoms with E-state index in [1.54, 1.807) is 24.0 Å². The minimum absolute atomic E-state index is 0.108. The number of fused-ring (bicyclic) bond motifs is 1. The molecular weight excluding hydrogens is 308 g/mol. The number of nitrogens with zero attached hydrogens (tertiary/aromatic N) is 4. The van der Waals surface area contributed by atoms with Crippen molar-refractivity contribution in [1.29, 1.82) is 0 Å². The number of hydrogen-bond donors (Lipinski definition) is 1. The maximum absolute atomic E-state index is 11.3. The molecule has 0 fully saturated rings. The molecule has 0 aliphatic heterocycles. The van der Waals surface area contributed by atoms with Crippen LogP contribution in [0.1, 0.15) is 10.5 Å². The van der Waals surface area contributed by atoms with Crippen LogP contribution in [0.3, 0.4) is 0 Å². The predicted octanol–water partition coefficient (Wildman–Crippen LogP) is 2.04. The first kappa shape index (κ1) is 10.5. The quantitative estimate of drug-likeness (QED) is 0.786. The topological polar surface area (TPSA) is 72.4 Å². The summed E-state index contributed by atoms with van der Waals surface area (Å²) in [5, 5.41) is 15.1. The van der Waals surface area contributed by atoms with Crippen molar-refractivity contribution in [2.75, 3.05) is 0 Å². The van der Waals surface area contributed by atoms with E-state index in [9.17, 15) is 9.90 Å². The summed E-state index contributed by atoms with van der Waals surface area (Å²) in [6, 6.07) is 0. The number of rotatable bonds is 2. The summed E-state index contributed by atoms with van der Waals surface area (Å²) in [7, 11) is 0. The lowest BCUT2D eigenvalue weighted by Crippen LogP contribution is -2.07. The van der Waals surface area contributed by atoms with Crippen LogP contribution < -0.4 is 0 Å². The van der Waals surface area contributed by atoms with Crippen molar-refractivity contribution >= 4 is 38.2 Å². The maximum atomic E-state index is 11.3. The summed E-state index contributed by atoms with van der Waals surface area (Å²) in [6.45, 7) is 0. The molecule has 0 spiro atoms. The molecule has 0 atom stereocenters. The number of thiazole rings is 1. The number of carbonyl (C=O) groups is 1. The maximum Gasteiger partial charge on any atom is 0.356 e. The van der Waals surface area contributed by atoms with Gasteiger partial charge in [0.2, 0.25) is 0 Å². The normalized spacial score (nSPS) is 11.1. The fraction of sp³-hybridized carbons (Fsp3) is 0. The molecule has 0 saturated heterocycles. The summed E-state index contributed by atoms with van der Waals surface area (Å²) >= 11 is 4.64. The van der Waals surface area contributed by atoms with E-state index < -0.39 is 5.97 Å². The van der Waals surface area contributed by atoms with E-state index in [0.29, 0.717) is 10.8 Å². The van der Waals surface area contributed by atoms with E-state index >= 15 is 0 Å². The molecule has 8 heteroatoms. The number of hydrogen-bond acceptors (Lipinski definition) is 4. The molecule has 0 aromatic carbocycles. The molecule has 3 heterocycles. The van der Waals surface area contributed by atoms with Crippen molar-refractivity contribution in [3.05, 3.63) is 34.1 Å². The predicted molar refractivity (Wildman–Crippen MR) is 64.9 cm³/mol. The number of imidazole rings is 1. The third-order valence-electron chi connectivity index (χ3n) is 2.21. The van der Waals surface area contributed by atoms with Crippen LogP contribution in [0.15, 0.2) is 28.4 Å². The second-order valence-electron chi connectivity index (χ2n) is 3.25. The zero-order valence-electron chi connectivity index (χ0n) is 8.24. The molecule has 1 N–H and O–H groups in total. The van der Waals surface area contributed by atoms with Gasteiger partial charge in [0.05, 0.1) is 10.7 Å². The average Bonchev–Trinajstić information content (AvgIpc) is 2.88. The molecule has 0 bridgehead atoms. The Morgan fingerprint density at radius 3 is 3.00 bits per heavy atom. The smallest absolute Gasteiger partial charge is 0.356 e. The SMILES string of the molecule is O=C(O)c1c(-n2cc(Br)cn2)nc2sccn12. The van der Waals surface area contributed by atoms with Gasteiger partial charge in [0.1, 0.15) is 0 Å². The molecule has 0 aliphatic rings. The molecule has 0 aliphatic carbocycles. The number of aromatic nitrogens is 4. The van der Waals surface area contributed by atoms with Gasteiger partial charge in [-0.25, -0.2) is 9.48 Å². The van der Waals surface area contributed by atoms with E-state index in [1.165, 1.54) is 20.4 Å². The molecule has 0 unspecified atom stereocenters. The van der Waals surface area contributed by atoms with E-state index in [1.807, 2.05) is 0 Å². The van der Waals surface area contributed by atoms with Gasteiger partial charge < -0.3 is 5.11 Å². The van der Waals surface area contributed by atoms with Gasteiger partial charge in [-0.1, -0.05) is 0 Å². The standard InChI is InChI=1S/C9H5BrN4O2S/c10-5-3-11-14(4-5)7-6(8(15)16)13-1-2-17-9(13)12-7/h1-4H,(H,15,16). The second kappa shape index (κ2) is 3.67. The Labute approximate surface area is 107 Å². The molecule has 0 amide bonds. The third kappa shape index (κ3) is 1.56. The van der Waals surface area contributed by atoms with Crippen molar-refractivity contribution in [3.8, 4) is 5.82 Å². The molecular formula is C9H5BrN4O2S. The third-order valence-corrected chi connectivity index (χ3v) is 3.38. The molecule has 0 radical (unpaired) electrons. The number of carboxylic acids is 1. The second-order valence-corrected chi connectivity index (χ2v) is 5.04. The highest BCUT2D eigenvalue weighted by atomic mass is 79.9. The number of carboxylic acid groups (broad SMARTS) is 1. The van der Waals surface area contributed by atoms with Crippen molar-refractivity contribution in [2.24, 2.45) is 0 Å². The lowest BCUT2D eigenvalue weighted by Gasteiger charge is -1.98. The minimum Gasteiger partial charge on any atom is -0.476 e. The first-order valence-electron chi connectivity index (χ1n) is 4.56. The van der Waals surface area contributed by atoms with Gasteiger partial charge in [0.15, 0.2) is 16.5 Å². The van der Waals surface area contributed by atoms with Crippen LogP contribution in [0.4, 0.5) is 0 Å². The fourth-order valence-corrected chi connectivity index (χ4v) is 2.54. The van der Waals surface area contributed by atoms with Gasteiger partial charge in [-0.05, 0) is 15.9 Å². The first-order valence-corrected chi connectivity index (χ1v) is 6.23. The van der Waals surface area contributed by atoms with Crippen LogP contribution in [0.25, 0.3) is 10.8 Å². The van der Waals surface area contributed by atoms with Crippen molar-refractivity contribution < 1.29 is 9.90 Å². The Hall–Kier alpha value is -1.67. The lowest BCUT2D eigenvalue weighted by molar-refractivity contribution is 0.0689. The Morgan fingerprint density at radius 1 is 1.53 bits per heavy atom. The highest BCUT2D eigenvalue weighted by Crippen LogP contribution is 2.21. The summed E-state index contributed by atoms with van der Waals surface area (Å²) in [4.78, 5) is 16.2. The van der Waals surface area contributed by atoms with Gasteiger partial charge in [-0.3, -0.25) is 4.40 Å². The molecule has 3 aromatic rings. The minimum atomic E-state index is -1.03. The van der Waals surface area contributed by atoms with Crippen molar-refractivity contribution in [1.82, 2.24) is 19.2 Å². The van der Waals surface area contributed by atoms with Gasteiger partial charge in [-0.15, -0.1) is 11.3 Å². The summed E-state index contributed by atoms with van der Waals surface area (Å²) in [5.74, 6) is -0.715. The highest BCUT2D eigenvalue weighted by molar-refractivity contribution is 9.10. The summed E-state index contributed by atoms with van der Waals surface area (Å²) in [5.41, 5.74) is 0.108. The van der Waals surface area contributed by atoms with Crippen LogP contribution in [-0.2, 0) is 0 Å². The summed E-state index contributed by atoms with van der Waals surface area (Å²) in [6.07, 6.45) is 4.93. The molecule has 86 valence electrons.